The molecule has 7 aromatic carbocycles. The molecule has 0 unspecified atom stereocenters. The molecule has 6 nitrogen and oxygen atoms in total. The summed E-state index contributed by atoms with van der Waals surface area (Å²) in [7, 11) is 0. The second-order valence-corrected chi connectivity index (χ2v) is 16.9. The molecule has 0 aliphatic carbocycles. The lowest BCUT2D eigenvalue weighted by Crippen LogP contribution is -2.58. The highest BCUT2D eigenvalue weighted by atomic mass is 16.5. The van der Waals surface area contributed by atoms with Gasteiger partial charge in [0.2, 0.25) is 0 Å². The summed E-state index contributed by atoms with van der Waals surface area (Å²) in [6, 6.07) is 53.3. The van der Waals surface area contributed by atoms with Crippen molar-refractivity contribution in [3.05, 3.63) is 168 Å². The van der Waals surface area contributed by atoms with Crippen LogP contribution in [0, 0.1) is 0 Å². The Morgan fingerprint density at radius 3 is 1.16 bits per heavy atom. The van der Waals surface area contributed by atoms with Crippen LogP contribution in [0.4, 0.5) is 45.5 Å². The number of rotatable bonds is 0. The number of benzene rings is 7. The van der Waals surface area contributed by atoms with Crippen molar-refractivity contribution < 1.29 is 9.47 Å². The molecule has 6 aliphatic heterocycles. The zero-order valence-corrected chi connectivity index (χ0v) is 31.6. The standard InChI is InChI=1S/C48H36B2N4O2/c1-47(2)29-15-5-7-17-35(29)51-39-21-13-25-43-45(39)53(37-19-9-11-23-41(37)55-43)49(51)33-28-32-34(27-31(33)47)50-52(36-18-8-6-16-30(36)48(32,3)4)40-22-14-26-44-46(40)54(50)38-20-10-12-24-42(38)56-44/h5-28H,1-4H3. The van der Waals surface area contributed by atoms with E-state index in [9.17, 15) is 0 Å². The number of hydrogen-bond donors (Lipinski definition) is 0. The highest BCUT2D eigenvalue weighted by Gasteiger charge is 2.56. The van der Waals surface area contributed by atoms with Gasteiger partial charge in [0.1, 0.15) is 11.5 Å². The average Bonchev–Trinajstić information content (AvgIpc) is 3.71. The quantitative estimate of drug-likeness (QED) is 0.145. The molecule has 0 saturated carbocycles. The van der Waals surface area contributed by atoms with Crippen molar-refractivity contribution in [3.63, 3.8) is 0 Å². The summed E-state index contributed by atoms with van der Waals surface area (Å²) in [5, 5.41) is 0. The van der Waals surface area contributed by atoms with Crippen LogP contribution >= 0.6 is 0 Å². The minimum atomic E-state index is -0.345. The third-order valence-corrected chi connectivity index (χ3v) is 13.4. The monoisotopic (exact) mass is 722 g/mol. The van der Waals surface area contributed by atoms with Crippen LogP contribution in [0.25, 0.3) is 0 Å². The Hall–Kier alpha value is -6.53. The first kappa shape index (κ1) is 30.8. The molecule has 6 heterocycles. The maximum atomic E-state index is 6.66. The molecule has 6 aliphatic rings. The van der Waals surface area contributed by atoms with Crippen LogP contribution in [0.2, 0.25) is 0 Å². The van der Waals surface area contributed by atoms with Gasteiger partial charge >= 0.3 is 14.0 Å². The van der Waals surface area contributed by atoms with Gasteiger partial charge in [-0.05, 0) is 93.8 Å². The Balaban J connectivity index is 1.16. The smallest absolute Gasteiger partial charge is 0.421 e. The molecule has 56 heavy (non-hydrogen) atoms. The van der Waals surface area contributed by atoms with E-state index in [-0.39, 0.29) is 24.8 Å². The third-order valence-electron chi connectivity index (χ3n) is 13.4. The Kier molecular flexibility index (Phi) is 5.60. The Bertz CT molecular complexity index is 2710. The molecule has 13 rings (SSSR count). The molecular formula is C48H36B2N4O2. The molecule has 0 bridgehead atoms. The minimum Gasteiger partial charge on any atom is -0.453 e. The van der Waals surface area contributed by atoms with E-state index >= 15 is 0 Å². The largest absolute Gasteiger partial charge is 0.453 e. The second kappa shape index (κ2) is 10.2. The first-order valence-corrected chi connectivity index (χ1v) is 19.7. The highest BCUT2D eigenvalue weighted by molar-refractivity contribution is 6.87. The summed E-state index contributed by atoms with van der Waals surface area (Å²) >= 11 is 0. The van der Waals surface area contributed by atoms with Crippen molar-refractivity contribution in [1.82, 2.24) is 0 Å². The molecule has 0 N–H and O–H groups in total. The summed E-state index contributed by atoms with van der Waals surface area (Å²) in [4.78, 5) is 10.3. The van der Waals surface area contributed by atoms with Crippen molar-refractivity contribution in [1.29, 1.82) is 0 Å². The maximum absolute atomic E-state index is 6.66. The number of para-hydroxylation sites is 8. The SMILES string of the molecule is CC1(C)c2cc3c(cc2B2N(c4ccccc41)c1cccc4c1N2c1ccccc1O4)C(C)(C)c1ccccc1N1B3N2c3ccccc3Oc3cccc1c32. The highest BCUT2D eigenvalue weighted by Crippen LogP contribution is 2.61. The van der Waals surface area contributed by atoms with Crippen molar-refractivity contribution in [2.45, 2.75) is 38.5 Å². The summed E-state index contributed by atoms with van der Waals surface area (Å²) in [6.45, 7) is 9.38. The van der Waals surface area contributed by atoms with Crippen molar-refractivity contribution >= 4 is 70.4 Å². The fourth-order valence-corrected chi connectivity index (χ4v) is 11.0. The summed E-state index contributed by atoms with van der Waals surface area (Å²) in [5.41, 5.74) is 16.3. The predicted octanol–water partition coefficient (Wildman–Crippen LogP) is 10.5. The van der Waals surface area contributed by atoms with Crippen LogP contribution in [-0.2, 0) is 10.8 Å². The van der Waals surface area contributed by atoms with Gasteiger partial charge in [0.15, 0.2) is 11.5 Å². The van der Waals surface area contributed by atoms with Crippen LogP contribution in [-0.4, -0.2) is 14.0 Å². The van der Waals surface area contributed by atoms with Crippen molar-refractivity contribution in [3.8, 4) is 23.0 Å². The van der Waals surface area contributed by atoms with Gasteiger partial charge in [-0.15, -0.1) is 0 Å². The van der Waals surface area contributed by atoms with E-state index < -0.39 is 0 Å². The lowest BCUT2D eigenvalue weighted by atomic mass is 9.54. The van der Waals surface area contributed by atoms with Crippen molar-refractivity contribution in [2.24, 2.45) is 0 Å². The molecule has 8 heteroatoms. The van der Waals surface area contributed by atoms with E-state index in [1.165, 1.54) is 44.6 Å². The molecule has 7 aromatic rings. The normalized spacial score (nSPS) is 17.3. The molecule has 0 aromatic heterocycles. The van der Waals surface area contributed by atoms with E-state index in [1.807, 2.05) is 0 Å². The van der Waals surface area contributed by atoms with Crippen molar-refractivity contribution in [2.75, 3.05) is 19.2 Å². The first-order valence-electron chi connectivity index (χ1n) is 19.7. The minimum absolute atomic E-state index is 0.152. The average molecular weight is 722 g/mol. The van der Waals surface area contributed by atoms with Crippen LogP contribution in [0.1, 0.15) is 49.9 Å². The fraction of sp³-hybridized carbons (Fsp3) is 0.125. The lowest BCUT2D eigenvalue weighted by Gasteiger charge is -2.37. The molecule has 266 valence electrons. The van der Waals surface area contributed by atoms with Crippen LogP contribution in [0.5, 0.6) is 23.0 Å². The van der Waals surface area contributed by atoms with E-state index in [2.05, 4.69) is 193 Å². The predicted molar refractivity (Wildman–Crippen MR) is 229 cm³/mol. The van der Waals surface area contributed by atoms with Crippen LogP contribution < -0.4 is 39.6 Å². The zero-order chi connectivity index (χ0) is 37.2. The summed E-state index contributed by atoms with van der Waals surface area (Å²) in [5.74, 6) is 3.53. The van der Waals surface area contributed by atoms with Gasteiger partial charge in [-0.2, -0.15) is 0 Å². The number of ether oxygens (including phenoxy) is 2. The van der Waals surface area contributed by atoms with E-state index in [0.717, 1.165) is 57.1 Å². The van der Waals surface area contributed by atoms with Gasteiger partial charge in [0.25, 0.3) is 0 Å². The number of fused-ring (bicyclic) bond motifs is 18. The number of nitrogens with zero attached hydrogens (tertiary/aromatic N) is 4. The summed E-state index contributed by atoms with van der Waals surface area (Å²) < 4.78 is 13.3. The van der Waals surface area contributed by atoms with Gasteiger partial charge in [-0.25, -0.2) is 0 Å². The van der Waals surface area contributed by atoms with Gasteiger partial charge in [0.05, 0.1) is 34.1 Å². The van der Waals surface area contributed by atoms with E-state index in [0.29, 0.717) is 0 Å². The Labute approximate surface area is 327 Å². The third kappa shape index (κ3) is 3.57. The maximum Gasteiger partial charge on any atom is 0.421 e. The molecule has 0 fully saturated rings. The fourth-order valence-electron chi connectivity index (χ4n) is 11.0. The van der Waals surface area contributed by atoms with Gasteiger partial charge in [-0.1, -0.05) is 113 Å². The van der Waals surface area contributed by atoms with Gasteiger partial charge in [-0.3, -0.25) is 0 Å². The topological polar surface area (TPSA) is 31.4 Å². The number of hydrogen-bond acceptors (Lipinski definition) is 6. The summed E-state index contributed by atoms with van der Waals surface area (Å²) in [6.07, 6.45) is 0. The molecular weight excluding hydrogens is 686 g/mol. The van der Waals surface area contributed by atoms with E-state index in [1.54, 1.807) is 0 Å². The Morgan fingerprint density at radius 1 is 0.357 bits per heavy atom. The zero-order valence-electron chi connectivity index (χ0n) is 31.6. The molecule has 0 saturated heterocycles. The Morgan fingerprint density at radius 2 is 0.714 bits per heavy atom. The van der Waals surface area contributed by atoms with Crippen LogP contribution in [0.15, 0.2) is 146 Å². The molecule has 0 amide bonds. The molecule has 0 atom stereocenters. The van der Waals surface area contributed by atoms with Crippen LogP contribution in [0.3, 0.4) is 0 Å². The molecule has 0 radical (unpaired) electrons. The van der Waals surface area contributed by atoms with E-state index in [4.69, 9.17) is 9.47 Å². The lowest BCUT2D eigenvalue weighted by molar-refractivity contribution is 0.478. The second-order valence-electron chi connectivity index (χ2n) is 16.9. The first-order chi connectivity index (χ1) is 27.3. The van der Waals surface area contributed by atoms with Gasteiger partial charge in [0, 0.05) is 22.2 Å². The molecule has 0 spiro atoms. The van der Waals surface area contributed by atoms with Gasteiger partial charge < -0.3 is 28.7 Å². The number of anilines is 8.